The molecule has 1 N–H and O–H groups in total. The molecular formula is C12H23NO3. The van der Waals surface area contributed by atoms with Gasteiger partial charge in [0.1, 0.15) is 5.60 Å². The molecule has 1 rings (SSSR count). The molecule has 94 valence electrons. The second kappa shape index (κ2) is 5.04. The van der Waals surface area contributed by atoms with Gasteiger partial charge in [-0.25, -0.2) is 4.79 Å². The van der Waals surface area contributed by atoms with Gasteiger partial charge in [-0.15, -0.1) is 0 Å². The molecule has 16 heavy (non-hydrogen) atoms. The molecular weight excluding hydrogens is 206 g/mol. The van der Waals surface area contributed by atoms with Crippen LogP contribution in [0.15, 0.2) is 0 Å². The first-order valence-electron chi connectivity index (χ1n) is 6.01. The van der Waals surface area contributed by atoms with Crippen LogP contribution in [0.3, 0.4) is 0 Å². The smallest absolute Gasteiger partial charge is 0.410 e. The molecule has 0 aromatic rings. The third-order valence-electron chi connectivity index (χ3n) is 2.79. The molecule has 1 amide bonds. The highest BCUT2D eigenvalue weighted by Gasteiger charge is 2.32. The SMILES string of the molecule is CC[C@H]1C[C@@H](O)CCN1C(=O)OC(C)(C)C. The van der Waals surface area contributed by atoms with Crippen molar-refractivity contribution in [3.63, 3.8) is 0 Å². The number of likely N-dealkylation sites (tertiary alicyclic amines) is 1. The van der Waals surface area contributed by atoms with Crippen molar-refractivity contribution in [2.24, 2.45) is 0 Å². The number of piperidine rings is 1. The van der Waals surface area contributed by atoms with Crippen molar-refractivity contribution >= 4 is 6.09 Å². The van der Waals surface area contributed by atoms with Crippen LogP contribution >= 0.6 is 0 Å². The fourth-order valence-corrected chi connectivity index (χ4v) is 1.98. The van der Waals surface area contributed by atoms with E-state index in [1.807, 2.05) is 27.7 Å². The summed E-state index contributed by atoms with van der Waals surface area (Å²) in [7, 11) is 0. The van der Waals surface area contributed by atoms with Gasteiger partial charge in [-0.3, -0.25) is 0 Å². The summed E-state index contributed by atoms with van der Waals surface area (Å²) in [5.41, 5.74) is -0.453. The van der Waals surface area contributed by atoms with E-state index in [-0.39, 0.29) is 18.2 Å². The number of hydrogen-bond acceptors (Lipinski definition) is 3. The number of aliphatic hydroxyl groups is 1. The average molecular weight is 229 g/mol. The normalized spacial score (nSPS) is 26.7. The number of aliphatic hydroxyl groups excluding tert-OH is 1. The molecule has 1 fully saturated rings. The monoisotopic (exact) mass is 229 g/mol. The lowest BCUT2D eigenvalue weighted by Gasteiger charge is -2.38. The molecule has 0 aromatic heterocycles. The fourth-order valence-electron chi connectivity index (χ4n) is 1.98. The first-order chi connectivity index (χ1) is 7.33. The first kappa shape index (κ1) is 13.3. The van der Waals surface area contributed by atoms with Crippen molar-refractivity contribution < 1.29 is 14.6 Å². The molecule has 4 heteroatoms. The number of hydrogen-bond donors (Lipinski definition) is 1. The second-order valence-corrected chi connectivity index (χ2v) is 5.41. The van der Waals surface area contributed by atoms with Crippen LogP contribution in [0.25, 0.3) is 0 Å². The van der Waals surface area contributed by atoms with E-state index in [4.69, 9.17) is 4.74 Å². The van der Waals surface area contributed by atoms with E-state index in [1.165, 1.54) is 0 Å². The minimum Gasteiger partial charge on any atom is -0.444 e. The van der Waals surface area contributed by atoms with Crippen LogP contribution in [0.1, 0.15) is 47.0 Å². The molecule has 1 aliphatic rings. The van der Waals surface area contributed by atoms with Crippen molar-refractivity contribution in [1.82, 2.24) is 4.90 Å². The van der Waals surface area contributed by atoms with Crippen LogP contribution in [0.2, 0.25) is 0 Å². The maximum atomic E-state index is 11.9. The lowest BCUT2D eigenvalue weighted by atomic mass is 9.98. The quantitative estimate of drug-likeness (QED) is 0.749. The number of ether oxygens (including phenoxy) is 1. The van der Waals surface area contributed by atoms with Crippen molar-refractivity contribution in [1.29, 1.82) is 0 Å². The van der Waals surface area contributed by atoms with Crippen molar-refractivity contribution in [2.75, 3.05) is 6.54 Å². The van der Waals surface area contributed by atoms with Crippen molar-refractivity contribution in [2.45, 2.75) is 64.7 Å². The molecule has 0 bridgehead atoms. The van der Waals surface area contributed by atoms with Gasteiger partial charge in [0.25, 0.3) is 0 Å². The van der Waals surface area contributed by atoms with Crippen LogP contribution in [0.5, 0.6) is 0 Å². The predicted molar refractivity (Wildman–Crippen MR) is 62.3 cm³/mol. The average Bonchev–Trinajstić information content (AvgIpc) is 2.14. The van der Waals surface area contributed by atoms with Gasteiger partial charge < -0.3 is 14.7 Å². The highest BCUT2D eigenvalue weighted by Crippen LogP contribution is 2.22. The van der Waals surface area contributed by atoms with E-state index < -0.39 is 5.60 Å². The molecule has 0 aliphatic carbocycles. The minimum atomic E-state index is -0.453. The Balaban J connectivity index is 2.60. The Labute approximate surface area is 97.6 Å². The topological polar surface area (TPSA) is 49.8 Å². The number of carbonyl (C=O) groups is 1. The van der Waals surface area contributed by atoms with Gasteiger partial charge in [-0.1, -0.05) is 6.92 Å². The van der Waals surface area contributed by atoms with E-state index in [0.717, 1.165) is 6.42 Å². The second-order valence-electron chi connectivity index (χ2n) is 5.41. The van der Waals surface area contributed by atoms with Gasteiger partial charge in [-0.05, 0) is 40.0 Å². The number of nitrogens with zero attached hydrogens (tertiary/aromatic N) is 1. The van der Waals surface area contributed by atoms with Crippen LogP contribution < -0.4 is 0 Å². The van der Waals surface area contributed by atoms with E-state index >= 15 is 0 Å². The van der Waals surface area contributed by atoms with Gasteiger partial charge in [0.05, 0.1) is 6.10 Å². The number of rotatable bonds is 1. The first-order valence-corrected chi connectivity index (χ1v) is 6.01. The summed E-state index contributed by atoms with van der Waals surface area (Å²) < 4.78 is 5.35. The minimum absolute atomic E-state index is 0.110. The summed E-state index contributed by atoms with van der Waals surface area (Å²) >= 11 is 0. The van der Waals surface area contributed by atoms with E-state index in [1.54, 1.807) is 4.90 Å². The number of amides is 1. The molecule has 1 saturated heterocycles. The van der Waals surface area contributed by atoms with Crippen LogP contribution in [0, 0.1) is 0 Å². The van der Waals surface area contributed by atoms with Gasteiger partial charge in [0, 0.05) is 12.6 Å². The Bertz CT molecular complexity index is 247. The molecule has 0 spiro atoms. The van der Waals surface area contributed by atoms with E-state index in [2.05, 4.69) is 0 Å². The van der Waals surface area contributed by atoms with Crippen molar-refractivity contribution in [3.05, 3.63) is 0 Å². The number of carbonyl (C=O) groups excluding carboxylic acids is 1. The maximum absolute atomic E-state index is 11.9. The standard InChI is InChI=1S/C12H23NO3/c1-5-9-8-10(14)6-7-13(9)11(15)16-12(2,3)4/h9-10,14H,5-8H2,1-4H3/t9-,10-/m0/s1. The van der Waals surface area contributed by atoms with Gasteiger partial charge in [-0.2, -0.15) is 0 Å². The fraction of sp³-hybridized carbons (Fsp3) is 0.917. The highest BCUT2D eigenvalue weighted by molar-refractivity contribution is 5.68. The van der Waals surface area contributed by atoms with Gasteiger partial charge >= 0.3 is 6.09 Å². The van der Waals surface area contributed by atoms with Crippen LogP contribution in [0.4, 0.5) is 4.79 Å². The zero-order chi connectivity index (χ0) is 12.3. The molecule has 1 aliphatic heterocycles. The lowest BCUT2D eigenvalue weighted by Crippen LogP contribution is -2.49. The molecule has 0 aromatic carbocycles. The summed E-state index contributed by atoms with van der Waals surface area (Å²) in [4.78, 5) is 13.7. The summed E-state index contributed by atoms with van der Waals surface area (Å²) in [6, 6.07) is 0.110. The van der Waals surface area contributed by atoms with Crippen LogP contribution in [-0.4, -0.2) is 40.4 Å². The summed E-state index contributed by atoms with van der Waals surface area (Å²) in [5.74, 6) is 0. The molecule has 2 atom stereocenters. The zero-order valence-corrected chi connectivity index (χ0v) is 10.7. The Kier molecular flexibility index (Phi) is 4.19. The molecule has 0 radical (unpaired) electrons. The summed E-state index contributed by atoms with van der Waals surface area (Å²) in [6.07, 6.45) is 1.64. The van der Waals surface area contributed by atoms with E-state index in [0.29, 0.717) is 19.4 Å². The largest absolute Gasteiger partial charge is 0.444 e. The third kappa shape index (κ3) is 3.67. The zero-order valence-electron chi connectivity index (χ0n) is 10.7. The van der Waals surface area contributed by atoms with Gasteiger partial charge in [0.2, 0.25) is 0 Å². The molecule has 0 unspecified atom stereocenters. The Morgan fingerprint density at radius 3 is 2.62 bits per heavy atom. The summed E-state index contributed by atoms with van der Waals surface area (Å²) in [5, 5.41) is 9.56. The Morgan fingerprint density at radius 2 is 2.12 bits per heavy atom. The summed E-state index contributed by atoms with van der Waals surface area (Å²) in [6.45, 7) is 8.22. The molecule has 0 saturated carbocycles. The highest BCUT2D eigenvalue weighted by atomic mass is 16.6. The van der Waals surface area contributed by atoms with E-state index in [9.17, 15) is 9.90 Å². The molecule has 1 heterocycles. The Hall–Kier alpha value is -0.770. The van der Waals surface area contributed by atoms with Crippen LogP contribution in [-0.2, 0) is 4.74 Å². The van der Waals surface area contributed by atoms with Crippen molar-refractivity contribution in [3.8, 4) is 0 Å². The molecule has 4 nitrogen and oxygen atoms in total. The Morgan fingerprint density at radius 1 is 1.50 bits per heavy atom. The van der Waals surface area contributed by atoms with Gasteiger partial charge in [0.15, 0.2) is 0 Å². The third-order valence-corrected chi connectivity index (χ3v) is 2.79. The predicted octanol–water partition coefficient (Wildman–Crippen LogP) is 2.16. The lowest BCUT2D eigenvalue weighted by molar-refractivity contribution is -0.00840. The maximum Gasteiger partial charge on any atom is 0.410 e.